The highest BCUT2D eigenvalue weighted by Gasteiger charge is 2.48. The topological polar surface area (TPSA) is 96.6 Å². The molecule has 1 saturated carbocycles. The van der Waals surface area contributed by atoms with Crippen LogP contribution in [0.25, 0.3) is 10.7 Å². The van der Waals surface area contributed by atoms with Crippen molar-refractivity contribution in [3.05, 3.63) is 23.4 Å². The lowest BCUT2D eigenvalue weighted by molar-refractivity contribution is -0.144. The van der Waals surface area contributed by atoms with E-state index in [-0.39, 0.29) is 18.5 Å². The largest absolute Gasteiger partial charge is 0.337 e. The number of amides is 4. The first-order valence-corrected chi connectivity index (χ1v) is 8.58. The summed E-state index contributed by atoms with van der Waals surface area (Å²) < 4.78 is 5.11. The third kappa shape index (κ3) is 2.41. The average molecular weight is 346 g/mol. The highest BCUT2D eigenvalue weighted by Crippen LogP contribution is 2.28. The van der Waals surface area contributed by atoms with Crippen LogP contribution < -0.4 is 0 Å². The summed E-state index contributed by atoms with van der Waals surface area (Å²) in [6, 6.07) is 2.94. The van der Waals surface area contributed by atoms with Gasteiger partial charge in [0.25, 0.3) is 0 Å². The van der Waals surface area contributed by atoms with Crippen LogP contribution in [0.5, 0.6) is 0 Å². The van der Waals surface area contributed by atoms with Gasteiger partial charge in [-0.15, -0.1) is 11.3 Å². The Balaban J connectivity index is 1.53. The lowest BCUT2D eigenvalue weighted by Crippen LogP contribution is -2.39. The van der Waals surface area contributed by atoms with Gasteiger partial charge >= 0.3 is 17.8 Å². The van der Waals surface area contributed by atoms with Gasteiger partial charge in [0.2, 0.25) is 11.7 Å². The summed E-state index contributed by atoms with van der Waals surface area (Å²) in [6.07, 6.45) is 3.43. The van der Waals surface area contributed by atoms with Crippen molar-refractivity contribution in [1.29, 1.82) is 0 Å². The molecule has 1 saturated heterocycles. The molecular formula is C15H14N4O4S. The number of imide groups is 2. The Morgan fingerprint density at radius 2 is 2.00 bits per heavy atom. The number of rotatable bonds is 4. The van der Waals surface area contributed by atoms with E-state index in [1.807, 2.05) is 17.5 Å². The number of thiophene rings is 1. The molecule has 0 spiro atoms. The molecule has 8 nitrogen and oxygen atoms in total. The van der Waals surface area contributed by atoms with E-state index in [0.29, 0.717) is 5.82 Å². The van der Waals surface area contributed by atoms with Gasteiger partial charge in [-0.25, -0.2) is 9.69 Å². The second-order valence-corrected chi connectivity index (χ2v) is 6.72. The summed E-state index contributed by atoms with van der Waals surface area (Å²) in [6.45, 7) is -0.189. The molecule has 0 aromatic carbocycles. The van der Waals surface area contributed by atoms with Gasteiger partial charge in [-0.05, 0) is 24.3 Å². The van der Waals surface area contributed by atoms with Crippen LogP contribution in [-0.2, 0) is 16.1 Å². The van der Waals surface area contributed by atoms with Gasteiger partial charge in [0.15, 0.2) is 0 Å². The van der Waals surface area contributed by atoms with E-state index >= 15 is 0 Å². The predicted octanol–water partition coefficient (Wildman–Crippen LogP) is 2.03. The average Bonchev–Trinajstić information content (AvgIpc) is 3.33. The summed E-state index contributed by atoms with van der Waals surface area (Å²) in [7, 11) is 0. The van der Waals surface area contributed by atoms with Gasteiger partial charge in [0.05, 0.1) is 4.88 Å². The smallest absolute Gasteiger partial charge is 0.334 e. The van der Waals surface area contributed by atoms with Crippen LogP contribution in [0.1, 0.15) is 31.6 Å². The Labute approximate surface area is 141 Å². The van der Waals surface area contributed by atoms with Gasteiger partial charge in [-0.1, -0.05) is 24.1 Å². The van der Waals surface area contributed by atoms with Crippen LogP contribution >= 0.6 is 11.3 Å². The number of aromatic nitrogens is 2. The first-order chi connectivity index (χ1) is 11.6. The normalized spacial score (nSPS) is 19.1. The second-order valence-electron chi connectivity index (χ2n) is 5.78. The maximum absolute atomic E-state index is 12.5. The minimum atomic E-state index is -0.831. The molecule has 2 aromatic rings. The first-order valence-electron chi connectivity index (χ1n) is 7.70. The molecule has 0 atom stereocenters. The molecule has 0 N–H and O–H groups in total. The van der Waals surface area contributed by atoms with E-state index in [9.17, 15) is 14.4 Å². The van der Waals surface area contributed by atoms with Gasteiger partial charge in [-0.2, -0.15) is 4.98 Å². The lowest BCUT2D eigenvalue weighted by Gasteiger charge is -2.20. The van der Waals surface area contributed by atoms with Crippen LogP contribution in [0, 0.1) is 0 Å². The van der Waals surface area contributed by atoms with Crippen LogP contribution in [0.3, 0.4) is 0 Å². The zero-order valence-electron chi connectivity index (χ0n) is 12.7. The Hall–Kier alpha value is -2.55. The lowest BCUT2D eigenvalue weighted by atomic mass is 10.2. The van der Waals surface area contributed by atoms with E-state index < -0.39 is 17.8 Å². The molecule has 0 unspecified atom stereocenters. The monoisotopic (exact) mass is 346 g/mol. The molecule has 0 radical (unpaired) electrons. The van der Waals surface area contributed by atoms with Crippen LogP contribution in [0.2, 0.25) is 0 Å². The fourth-order valence-corrected chi connectivity index (χ4v) is 3.76. The fraction of sp³-hybridized carbons (Fsp3) is 0.400. The highest BCUT2D eigenvalue weighted by molar-refractivity contribution is 7.13. The van der Waals surface area contributed by atoms with Crippen LogP contribution in [-0.4, -0.2) is 43.8 Å². The predicted molar refractivity (Wildman–Crippen MR) is 82.7 cm³/mol. The van der Waals surface area contributed by atoms with Gasteiger partial charge in [0.1, 0.15) is 6.54 Å². The van der Waals surface area contributed by atoms with Crippen molar-refractivity contribution in [1.82, 2.24) is 19.9 Å². The summed E-state index contributed by atoms with van der Waals surface area (Å²) in [5, 5.41) is 5.73. The SMILES string of the molecule is O=C1C(=O)N(C2CCCC2)C(=O)N1Cc1nc(-c2cccs2)no1. The van der Waals surface area contributed by atoms with Gasteiger partial charge < -0.3 is 4.52 Å². The van der Waals surface area contributed by atoms with Crippen molar-refractivity contribution in [2.45, 2.75) is 38.3 Å². The van der Waals surface area contributed by atoms with E-state index in [1.54, 1.807) is 0 Å². The molecule has 2 fully saturated rings. The third-order valence-electron chi connectivity index (χ3n) is 4.28. The molecule has 1 aliphatic carbocycles. The Kier molecular flexibility index (Phi) is 3.64. The maximum Gasteiger partial charge on any atom is 0.334 e. The number of nitrogens with zero attached hydrogens (tertiary/aromatic N) is 4. The zero-order valence-corrected chi connectivity index (χ0v) is 13.5. The minimum Gasteiger partial charge on any atom is -0.337 e. The minimum absolute atomic E-state index is 0.126. The second kappa shape index (κ2) is 5.82. The molecule has 3 heterocycles. The van der Waals surface area contributed by atoms with Crippen molar-refractivity contribution in [3.63, 3.8) is 0 Å². The molecule has 24 heavy (non-hydrogen) atoms. The molecule has 2 aromatic heterocycles. The number of carbonyl (C=O) groups is 3. The van der Waals surface area contributed by atoms with Gasteiger partial charge in [0, 0.05) is 6.04 Å². The van der Waals surface area contributed by atoms with E-state index in [4.69, 9.17) is 4.52 Å². The van der Waals surface area contributed by atoms with Crippen molar-refractivity contribution in [2.24, 2.45) is 0 Å². The number of urea groups is 1. The molecule has 4 rings (SSSR count). The zero-order chi connectivity index (χ0) is 16.7. The molecule has 4 amide bonds. The van der Waals surface area contributed by atoms with Gasteiger partial charge in [-0.3, -0.25) is 14.5 Å². The standard InChI is InChI=1S/C15H14N4O4S/c20-13-14(21)19(9-4-1-2-5-9)15(22)18(13)8-11-16-12(17-23-11)10-6-3-7-24-10/h3,6-7,9H,1-2,4-5,8H2. The van der Waals surface area contributed by atoms with Crippen molar-refractivity contribution in [2.75, 3.05) is 0 Å². The Morgan fingerprint density at radius 3 is 2.71 bits per heavy atom. The Bertz CT molecular complexity index is 794. The number of hydrogen-bond acceptors (Lipinski definition) is 7. The quantitative estimate of drug-likeness (QED) is 0.621. The van der Waals surface area contributed by atoms with Crippen molar-refractivity contribution in [3.8, 4) is 10.7 Å². The maximum atomic E-state index is 12.5. The molecular weight excluding hydrogens is 332 g/mol. The summed E-state index contributed by atoms with van der Waals surface area (Å²) in [5.74, 6) is -1.06. The molecule has 9 heteroatoms. The molecule has 124 valence electrons. The van der Waals surface area contributed by atoms with Crippen molar-refractivity contribution >= 4 is 29.2 Å². The summed E-state index contributed by atoms with van der Waals surface area (Å²) in [5.41, 5.74) is 0. The molecule has 2 aliphatic rings. The van der Waals surface area contributed by atoms with E-state index in [1.165, 1.54) is 11.3 Å². The van der Waals surface area contributed by atoms with Crippen LogP contribution in [0.4, 0.5) is 4.79 Å². The molecule has 0 bridgehead atoms. The number of carbonyl (C=O) groups excluding carboxylic acids is 3. The molecule has 1 aliphatic heterocycles. The third-order valence-corrected chi connectivity index (χ3v) is 5.14. The van der Waals surface area contributed by atoms with Crippen molar-refractivity contribution < 1.29 is 18.9 Å². The summed E-state index contributed by atoms with van der Waals surface area (Å²) in [4.78, 5) is 43.8. The highest BCUT2D eigenvalue weighted by atomic mass is 32.1. The fourth-order valence-electron chi connectivity index (χ4n) is 3.11. The Morgan fingerprint density at radius 1 is 1.21 bits per heavy atom. The number of hydrogen-bond donors (Lipinski definition) is 0. The first kappa shape index (κ1) is 15.0. The van der Waals surface area contributed by atoms with Crippen LogP contribution in [0.15, 0.2) is 22.0 Å². The van der Waals surface area contributed by atoms with E-state index in [0.717, 1.165) is 40.4 Å². The van der Waals surface area contributed by atoms with E-state index in [2.05, 4.69) is 10.1 Å². The summed E-state index contributed by atoms with van der Waals surface area (Å²) >= 11 is 1.46.